The number of methoxy groups -OCH3 is 1. The van der Waals surface area contributed by atoms with Crippen LogP contribution in [0.3, 0.4) is 0 Å². The van der Waals surface area contributed by atoms with E-state index in [0.29, 0.717) is 59.9 Å². The molecule has 1 aliphatic rings. The molecule has 2 heterocycles. The summed E-state index contributed by atoms with van der Waals surface area (Å²) in [4.78, 5) is 35.5. The Morgan fingerprint density at radius 1 is 0.972 bits per heavy atom. The number of rotatable bonds is 5. The number of ether oxygens (including phenoxy) is 1. The van der Waals surface area contributed by atoms with Crippen LogP contribution < -0.4 is 10.3 Å². The number of hydrogen-bond acceptors (Lipinski definition) is 5. The molecule has 1 fully saturated rings. The third kappa shape index (κ3) is 4.47. The van der Waals surface area contributed by atoms with Crippen LogP contribution in [0.2, 0.25) is 0 Å². The summed E-state index contributed by atoms with van der Waals surface area (Å²) in [6.45, 7) is 4.37. The molecule has 36 heavy (non-hydrogen) atoms. The molecule has 5 rings (SSSR count). The quantitative estimate of drug-likeness (QED) is 0.426. The summed E-state index contributed by atoms with van der Waals surface area (Å²) in [5.41, 5.74) is 1.58. The number of aromatic nitrogens is 2. The van der Waals surface area contributed by atoms with E-state index >= 15 is 0 Å². The number of hydrogen-bond donors (Lipinski definition) is 0. The Balaban J connectivity index is 1.43. The van der Waals surface area contributed by atoms with Crippen LogP contribution in [0.4, 0.5) is 4.39 Å². The Kier molecular flexibility index (Phi) is 6.52. The van der Waals surface area contributed by atoms with Crippen LogP contribution in [0.15, 0.2) is 77.6 Å². The molecule has 184 valence electrons. The van der Waals surface area contributed by atoms with Crippen molar-refractivity contribution in [3.05, 3.63) is 100 Å². The molecular weight excluding hydrogens is 459 g/mol. The van der Waals surface area contributed by atoms with Crippen molar-refractivity contribution in [3.63, 3.8) is 0 Å². The Labute approximate surface area is 208 Å². The molecule has 1 saturated heterocycles. The number of carbonyl (C=O) groups excluding carboxylic acids is 1. The lowest BCUT2D eigenvalue weighted by atomic mass is 10.1. The third-order valence-corrected chi connectivity index (χ3v) is 6.73. The summed E-state index contributed by atoms with van der Waals surface area (Å²) in [6, 6.07) is 20.1. The first-order valence-corrected chi connectivity index (χ1v) is 11.9. The van der Waals surface area contributed by atoms with Gasteiger partial charge in [-0.1, -0.05) is 18.2 Å². The van der Waals surface area contributed by atoms with Crippen LogP contribution in [-0.4, -0.2) is 58.5 Å². The molecule has 1 aliphatic heterocycles. The SMILES string of the molecule is COc1cccc(C(=O)N2CCN(C(C)c3nc4ccccc4c(=O)n3-c3ccc(F)cc3)CC2)c1. The van der Waals surface area contributed by atoms with Crippen molar-refractivity contribution in [1.29, 1.82) is 0 Å². The number of benzene rings is 3. The third-order valence-electron chi connectivity index (χ3n) is 6.73. The summed E-state index contributed by atoms with van der Waals surface area (Å²) in [6.07, 6.45) is 0. The van der Waals surface area contributed by atoms with Crippen molar-refractivity contribution in [3.8, 4) is 11.4 Å². The van der Waals surface area contributed by atoms with E-state index in [1.165, 1.54) is 12.1 Å². The van der Waals surface area contributed by atoms with Gasteiger partial charge >= 0.3 is 0 Å². The number of nitrogens with zero attached hydrogens (tertiary/aromatic N) is 4. The Bertz CT molecular complexity index is 1460. The second-order valence-corrected chi connectivity index (χ2v) is 8.84. The van der Waals surface area contributed by atoms with E-state index in [2.05, 4.69) is 4.90 Å². The Morgan fingerprint density at radius 2 is 1.69 bits per heavy atom. The van der Waals surface area contributed by atoms with Crippen molar-refractivity contribution in [2.45, 2.75) is 13.0 Å². The minimum absolute atomic E-state index is 0.0340. The van der Waals surface area contributed by atoms with Gasteiger partial charge in [0.1, 0.15) is 17.4 Å². The van der Waals surface area contributed by atoms with Crippen molar-refractivity contribution < 1.29 is 13.9 Å². The smallest absolute Gasteiger partial charge is 0.266 e. The fourth-order valence-corrected chi connectivity index (χ4v) is 4.68. The second-order valence-electron chi connectivity index (χ2n) is 8.84. The number of carbonyl (C=O) groups is 1. The van der Waals surface area contributed by atoms with Gasteiger partial charge in [0.2, 0.25) is 0 Å². The topological polar surface area (TPSA) is 67.7 Å². The fourth-order valence-electron chi connectivity index (χ4n) is 4.68. The predicted octanol–water partition coefficient (Wildman–Crippen LogP) is 4.05. The monoisotopic (exact) mass is 486 g/mol. The van der Waals surface area contributed by atoms with Crippen molar-refractivity contribution in [2.75, 3.05) is 33.3 Å². The van der Waals surface area contributed by atoms with E-state index in [9.17, 15) is 14.0 Å². The zero-order chi connectivity index (χ0) is 25.2. The van der Waals surface area contributed by atoms with E-state index in [1.807, 2.05) is 42.2 Å². The van der Waals surface area contributed by atoms with Gasteiger partial charge in [-0.05, 0) is 61.5 Å². The van der Waals surface area contributed by atoms with E-state index < -0.39 is 0 Å². The zero-order valence-corrected chi connectivity index (χ0v) is 20.2. The summed E-state index contributed by atoms with van der Waals surface area (Å²) in [5.74, 6) is 0.826. The zero-order valence-electron chi connectivity index (χ0n) is 20.2. The summed E-state index contributed by atoms with van der Waals surface area (Å²) < 4.78 is 20.4. The molecule has 8 heteroatoms. The highest BCUT2D eigenvalue weighted by atomic mass is 19.1. The molecular formula is C28H27FN4O3. The van der Waals surface area contributed by atoms with Gasteiger partial charge in [0.15, 0.2) is 0 Å². The molecule has 0 radical (unpaired) electrons. The molecule has 0 saturated carbocycles. The van der Waals surface area contributed by atoms with Crippen molar-refractivity contribution in [1.82, 2.24) is 19.4 Å². The van der Waals surface area contributed by atoms with E-state index in [1.54, 1.807) is 42.0 Å². The van der Waals surface area contributed by atoms with Gasteiger partial charge in [-0.3, -0.25) is 19.1 Å². The Morgan fingerprint density at radius 3 is 2.42 bits per heavy atom. The molecule has 0 N–H and O–H groups in total. The largest absolute Gasteiger partial charge is 0.497 e. The molecule has 1 amide bonds. The lowest BCUT2D eigenvalue weighted by Gasteiger charge is -2.38. The van der Waals surface area contributed by atoms with Gasteiger partial charge in [-0.15, -0.1) is 0 Å². The standard InChI is InChI=1S/C28H27FN4O3/c1-19(31-14-16-32(17-15-31)27(34)20-6-5-7-23(18-20)36-2)26-30-25-9-4-3-8-24(25)28(35)33(26)22-12-10-21(29)11-13-22/h3-13,18-19H,14-17H2,1-2H3. The van der Waals surface area contributed by atoms with E-state index in [-0.39, 0.29) is 23.3 Å². The highest BCUT2D eigenvalue weighted by molar-refractivity contribution is 5.94. The van der Waals surface area contributed by atoms with Crippen LogP contribution >= 0.6 is 0 Å². The van der Waals surface area contributed by atoms with Crippen LogP contribution in [0.1, 0.15) is 29.1 Å². The van der Waals surface area contributed by atoms with Crippen LogP contribution in [0, 0.1) is 5.82 Å². The predicted molar refractivity (Wildman–Crippen MR) is 136 cm³/mol. The molecule has 0 bridgehead atoms. The van der Waals surface area contributed by atoms with Crippen LogP contribution in [-0.2, 0) is 0 Å². The van der Waals surface area contributed by atoms with Gasteiger partial charge in [-0.2, -0.15) is 0 Å². The van der Waals surface area contributed by atoms with Crippen LogP contribution in [0.25, 0.3) is 16.6 Å². The minimum atomic E-state index is -0.369. The maximum Gasteiger partial charge on any atom is 0.266 e. The van der Waals surface area contributed by atoms with Gasteiger partial charge in [-0.25, -0.2) is 9.37 Å². The number of para-hydroxylation sites is 1. The van der Waals surface area contributed by atoms with Gasteiger partial charge in [0.25, 0.3) is 11.5 Å². The molecule has 1 atom stereocenters. The normalized spacial score (nSPS) is 15.1. The molecule has 0 aliphatic carbocycles. The summed E-state index contributed by atoms with van der Waals surface area (Å²) in [5, 5.41) is 0.506. The maximum atomic E-state index is 13.6. The first-order chi connectivity index (χ1) is 17.5. The molecule has 7 nitrogen and oxygen atoms in total. The lowest BCUT2D eigenvalue weighted by Crippen LogP contribution is -2.50. The Hall–Kier alpha value is -4.04. The van der Waals surface area contributed by atoms with Gasteiger partial charge in [0.05, 0.1) is 29.7 Å². The van der Waals surface area contributed by atoms with Gasteiger partial charge < -0.3 is 9.64 Å². The maximum absolute atomic E-state index is 13.6. The van der Waals surface area contributed by atoms with E-state index in [4.69, 9.17) is 9.72 Å². The van der Waals surface area contributed by atoms with E-state index in [0.717, 1.165) is 0 Å². The molecule has 1 unspecified atom stereocenters. The number of halogens is 1. The molecule has 4 aromatic rings. The average molecular weight is 487 g/mol. The minimum Gasteiger partial charge on any atom is -0.497 e. The van der Waals surface area contributed by atoms with Crippen molar-refractivity contribution >= 4 is 16.8 Å². The molecule has 1 aromatic heterocycles. The first kappa shape index (κ1) is 23.7. The summed E-state index contributed by atoms with van der Waals surface area (Å²) in [7, 11) is 1.58. The highest BCUT2D eigenvalue weighted by Gasteiger charge is 2.28. The molecule has 0 spiro atoms. The lowest BCUT2D eigenvalue weighted by molar-refractivity contribution is 0.0573. The molecule has 3 aromatic carbocycles. The van der Waals surface area contributed by atoms with Gasteiger partial charge in [0, 0.05) is 31.7 Å². The fraction of sp³-hybridized carbons (Fsp3) is 0.250. The number of piperazine rings is 1. The first-order valence-electron chi connectivity index (χ1n) is 11.9. The highest BCUT2D eigenvalue weighted by Crippen LogP contribution is 2.25. The average Bonchev–Trinajstić information content (AvgIpc) is 2.93. The summed E-state index contributed by atoms with van der Waals surface area (Å²) >= 11 is 0. The van der Waals surface area contributed by atoms with Crippen molar-refractivity contribution in [2.24, 2.45) is 0 Å². The number of amides is 1. The second kappa shape index (κ2) is 9.91. The van der Waals surface area contributed by atoms with Crippen LogP contribution in [0.5, 0.6) is 5.75 Å². The number of fused-ring (bicyclic) bond motifs is 1.